The molecule has 0 atom stereocenters. The van der Waals surface area contributed by atoms with Gasteiger partial charge >= 0.3 is 11.9 Å². The van der Waals surface area contributed by atoms with Crippen LogP contribution in [0.5, 0.6) is 11.5 Å². The van der Waals surface area contributed by atoms with Gasteiger partial charge in [0.2, 0.25) is 0 Å². The van der Waals surface area contributed by atoms with Gasteiger partial charge in [-0.3, -0.25) is 0 Å². The number of benzene rings is 4. The molecule has 0 saturated heterocycles. The van der Waals surface area contributed by atoms with E-state index >= 15 is 0 Å². The van der Waals surface area contributed by atoms with Crippen LogP contribution >= 0.6 is 0 Å². The lowest BCUT2D eigenvalue weighted by atomic mass is 10.1. The van der Waals surface area contributed by atoms with E-state index in [-0.39, 0.29) is 17.1 Å². The zero-order valence-electron chi connectivity index (χ0n) is 16.3. The number of carbonyl (C=O) groups excluding carboxylic acids is 2. The Bertz CT molecular complexity index is 1270. The van der Waals surface area contributed by atoms with Gasteiger partial charge in [0.1, 0.15) is 17.3 Å². The normalized spacial score (nSPS) is 10.9. The molecule has 0 heterocycles. The van der Waals surface area contributed by atoms with E-state index in [2.05, 4.69) is 0 Å². The first-order valence-electron chi connectivity index (χ1n) is 9.55. The highest BCUT2D eigenvalue weighted by Crippen LogP contribution is 2.34. The van der Waals surface area contributed by atoms with E-state index in [1.165, 1.54) is 12.1 Å². The van der Waals surface area contributed by atoms with Crippen LogP contribution in [0.3, 0.4) is 0 Å². The average molecular weight is 412 g/mol. The summed E-state index contributed by atoms with van der Waals surface area (Å²) in [5, 5.41) is 1.23. The average Bonchev–Trinajstić information content (AvgIpc) is 2.79. The molecule has 4 nitrogen and oxygen atoms in total. The van der Waals surface area contributed by atoms with E-state index in [1.54, 1.807) is 72.8 Å². The number of fused-ring (bicyclic) bond motifs is 1. The molecule has 0 aliphatic rings. The molecule has 0 amide bonds. The van der Waals surface area contributed by atoms with Crippen molar-refractivity contribution >= 4 is 28.8 Å². The molecular weight excluding hydrogens is 395 g/mol. The summed E-state index contributed by atoms with van der Waals surface area (Å²) in [7, 11) is 0. The van der Waals surface area contributed by atoms with E-state index in [0.717, 1.165) is 11.5 Å². The second-order valence-electron chi connectivity index (χ2n) is 6.64. The number of rotatable bonds is 5. The number of ether oxygens (including phenoxy) is 2. The van der Waals surface area contributed by atoms with Crippen LogP contribution in [0, 0.1) is 5.82 Å². The predicted molar refractivity (Wildman–Crippen MR) is 116 cm³/mol. The fourth-order valence-electron chi connectivity index (χ4n) is 3.09. The standard InChI is InChI=1S/C26H17FO4/c27-21-13-5-4-8-18(21)16-17-24(28)30-22-14-6-11-19-12-7-15-23(25(19)22)31-26(29)20-9-2-1-3-10-20/h1-17H/b17-16+. The van der Waals surface area contributed by atoms with Gasteiger partial charge in [0, 0.05) is 11.6 Å². The number of hydrogen-bond donors (Lipinski definition) is 0. The van der Waals surface area contributed by atoms with E-state index < -0.39 is 17.8 Å². The minimum absolute atomic E-state index is 0.233. The van der Waals surface area contributed by atoms with E-state index in [1.807, 2.05) is 12.1 Å². The Hall–Kier alpha value is -4.25. The Morgan fingerprint density at radius 3 is 2.06 bits per heavy atom. The van der Waals surface area contributed by atoms with Crippen molar-refractivity contribution in [1.29, 1.82) is 0 Å². The maximum Gasteiger partial charge on any atom is 0.343 e. The first-order valence-corrected chi connectivity index (χ1v) is 9.55. The molecule has 0 fully saturated rings. The van der Waals surface area contributed by atoms with E-state index in [4.69, 9.17) is 9.47 Å². The molecular formula is C26H17FO4. The van der Waals surface area contributed by atoms with Gasteiger partial charge < -0.3 is 9.47 Å². The smallest absolute Gasteiger partial charge is 0.343 e. The largest absolute Gasteiger partial charge is 0.423 e. The summed E-state index contributed by atoms with van der Waals surface area (Å²) in [5.41, 5.74) is 0.677. The maximum atomic E-state index is 13.7. The number of carbonyl (C=O) groups is 2. The van der Waals surface area contributed by atoms with Crippen LogP contribution in [-0.4, -0.2) is 11.9 Å². The molecule has 0 aromatic heterocycles. The van der Waals surface area contributed by atoms with Gasteiger partial charge in [-0.1, -0.05) is 60.7 Å². The zero-order valence-corrected chi connectivity index (χ0v) is 16.3. The van der Waals surface area contributed by atoms with Gasteiger partial charge in [0.15, 0.2) is 0 Å². The van der Waals surface area contributed by atoms with Crippen LogP contribution in [0.4, 0.5) is 4.39 Å². The summed E-state index contributed by atoms with van der Waals surface area (Å²) in [4.78, 5) is 24.9. The predicted octanol–water partition coefficient (Wildman–Crippen LogP) is 5.82. The van der Waals surface area contributed by atoms with Crippen molar-refractivity contribution in [3.05, 3.63) is 114 Å². The van der Waals surface area contributed by atoms with Crippen molar-refractivity contribution in [2.75, 3.05) is 0 Å². The lowest BCUT2D eigenvalue weighted by Gasteiger charge is -2.11. The molecule has 0 aliphatic carbocycles. The minimum Gasteiger partial charge on any atom is -0.423 e. The second-order valence-corrected chi connectivity index (χ2v) is 6.64. The summed E-state index contributed by atoms with van der Waals surface area (Å²) < 4.78 is 24.8. The van der Waals surface area contributed by atoms with Gasteiger partial charge in [-0.25, -0.2) is 14.0 Å². The van der Waals surface area contributed by atoms with Crippen LogP contribution < -0.4 is 9.47 Å². The topological polar surface area (TPSA) is 52.6 Å². The van der Waals surface area contributed by atoms with E-state index in [9.17, 15) is 14.0 Å². The molecule has 4 rings (SSSR count). The molecule has 0 bridgehead atoms. The SMILES string of the molecule is O=C(/C=C/c1ccccc1F)Oc1cccc2cccc(OC(=O)c3ccccc3)c12. The van der Waals surface area contributed by atoms with Gasteiger partial charge in [-0.2, -0.15) is 0 Å². The highest BCUT2D eigenvalue weighted by molar-refractivity contribution is 6.00. The highest BCUT2D eigenvalue weighted by Gasteiger charge is 2.15. The molecule has 0 unspecified atom stereocenters. The summed E-state index contributed by atoms with van der Waals surface area (Å²) in [5.74, 6) is -1.13. The Morgan fingerprint density at radius 2 is 1.35 bits per heavy atom. The van der Waals surface area contributed by atoms with Crippen molar-refractivity contribution in [3.63, 3.8) is 0 Å². The van der Waals surface area contributed by atoms with Crippen LogP contribution in [0.25, 0.3) is 16.8 Å². The van der Waals surface area contributed by atoms with Crippen molar-refractivity contribution in [2.45, 2.75) is 0 Å². The molecule has 5 heteroatoms. The fourth-order valence-corrected chi connectivity index (χ4v) is 3.09. The Kier molecular flexibility index (Phi) is 5.85. The molecule has 0 aliphatic heterocycles. The summed E-state index contributed by atoms with van der Waals surface area (Å²) >= 11 is 0. The van der Waals surface area contributed by atoms with Crippen molar-refractivity contribution in [2.24, 2.45) is 0 Å². The van der Waals surface area contributed by atoms with Gasteiger partial charge in [-0.15, -0.1) is 0 Å². The first-order chi connectivity index (χ1) is 15.1. The molecule has 4 aromatic carbocycles. The van der Waals surface area contributed by atoms with Crippen LogP contribution in [0.2, 0.25) is 0 Å². The van der Waals surface area contributed by atoms with Crippen LogP contribution in [0.1, 0.15) is 15.9 Å². The Balaban J connectivity index is 1.62. The van der Waals surface area contributed by atoms with Crippen molar-refractivity contribution in [3.8, 4) is 11.5 Å². The van der Waals surface area contributed by atoms with Crippen LogP contribution in [-0.2, 0) is 4.79 Å². The lowest BCUT2D eigenvalue weighted by Crippen LogP contribution is -2.09. The molecule has 152 valence electrons. The second kappa shape index (κ2) is 9.05. The van der Waals surface area contributed by atoms with E-state index in [0.29, 0.717) is 10.9 Å². The minimum atomic E-state index is -0.681. The van der Waals surface area contributed by atoms with Crippen LogP contribution in [0.15, 0.2) is 97.1 Å². The Labute approximate surface area is 178 Å². The highest BCUT2D eigenvalue weighted by atomic mass is 19.1. The lowest BCUT2D eigenvalue weighted by molar-refractivity contribution is -0.128. The summed E-state index contributed by atoms with van der Waals surface area (Å²) in [6.45, 7) is 0. The molecule has 0 spiro atoms. The number of hydrogen-bond acceptors (Lipinski definition) is 4. The van der Waals surface area contributed by atoms with Crippen molar-refractivity contribution in [1.82, 2.24) is 0 Å². The first kappa shape index (κ1) is 20.0. The number of halogens is 1. The van der Waals surface area contributed by atoms with Gasteiger partial charge in [0.25, 0.3) is 0 Å². The van der Waals surface area contributed by atoms with Gasteiger partial charge in [0.05, 0.1) is 10.9 Å². The maximum absolute atomic E-state index is 13.7. The molecule has 0 N–H and O–H groups in total. The fraction of sp³-hybridized carbons (Fsp3) is 0. The zero-order chi connectivity index (χ0) is 21.6. The quantitative estimate of drug-likeness (QED) is 0.236. The molecule has 0 radical (unpaired) electrons. The Morgan fingerprint density at radius 1 is 0.710 bits per heavy atom. The molecule has 0 saturated carbocycles. The third-order valence-corrected chi connectivity index (χ3v) is 4.56. The third-order valence-electron chi connectivity index (χ3n) is 4.56. The monoisotopic (exact) mass is 412 g/mol. The summed E-state index contributed by atoms with van der Waals surface area (Å²) in [6, 6.07) is 25.1. The summed E-state index contributed by atoms with van der Waals surface area (Å²) in [6.07, 6.45) is 2.50. The molecule has 4 aromatic rings. The number of esters is 2. The molecule has 31 heavy (non-hydrogen) atoms. The van der Waals surface area contributed by atoms with Gasteiger partial charge in [-0.05, 0) is 41.8 Å². The van der Waals surface area contributed by atoms with Crippen molar-refractivity contribution < 1.29 is 23.5 Å². The third kappa shape index (κ3) is 4.67.